The van der Waals surface area contributed by atoms with Gasteiger partial charge < -0.3 is 15.2 Å². The van der Waals surface area contributed by atoms with E-state index in [1.165, 1.54) is 5.56 Å². The van der Waals surface area contributed by atoms with E-state index in [4.69, 9.17) is 15.2 Å². The molecule has 2 N–H and O–H groups in total. The lowest BCUT2D eigenvalue weighted by Gasteiger charge is -2.16. The molecule has 0 spiro atoms. The molecule has 1 atom stereocenters. The standard InChI is InChI=1S/C17H21NO2/c1-12-9-15(20-3)7-8-16(12)17(18)11-13-5-4-6-14(10-13)19-2/h4-10,17H,11,18H2,1-3H3. The van der Waals surface area contributed by atoms with Crippen molar-refractivity contribution in [3.05, 3.63) is 59.2 Å². The molecular formula is C17H21NO2. The van der Waals surface area contributed by atoms with Crippen LogP contribution >= 0.6 is 0 Å². The van der Waals surface area contributed by atoms with Gasteiger partial charge in [-0.1, -0.05) is 18.2 Å². The Bertz CT molecular complexity index is 581. The lowest BCUT2D eigenvalue weighted by Crippen LogP contribution is -2.14. The van der Waals surface area contributed by atoms with Crippen molar-refractivity contribution in [2.45, 2.75) is 19.4 Å². The first kappa shape index (κ1) is 14.4. The van der Waals surface area contributed by atoms with Crippen LogP contribution in [-0.4, -0.2) is 14.2 Å². The van der Waals surface area contributed by atoms with Gasteiger partial charge in [-0.2, -0.15) is 0 Å². The average molecular weight is 271 g/mol. The Morgan fingerprint density at radius 1 is 1.00 bits per heavy atom. The molecule has 2 aromatic rings. The SMILES string of the molecule is COc1cccc(CC(N)c2ccc(OC)cc2C)c1. The van der Waals surface area contributed by atoms with E-state index in [1.807, 2.05) is 36.4 Å². The summed E-state index contributed by atoms with van der Waals surface area (Å²) in [7, 11) is 3.34. The second-order valence-corrected chi connectivity index (χ2v) is 4.88. The van der Waals surface area contributed by atoms with Crippen LogP contribution < -0.4 is 15.2 Å². The number of rotatable bonds is 5. The van der Waals surface area contributed by atoms with Crippen LogP contribution in [-0.2, 0) is 6.42 Å². The van der Waals surface area contributed by atoms with Gasteiger partial charge in [0.25, 0.3) is 0 Å². The summed E-state index contributed by atoms with van der Waals surface area (Å²) in [6.45, 7) is 2.06. The predicted octanol–water partition coefficient (Wildman–Crippen LogP) is 3.25. The third kappa shape index (κ3) is 3.31. The van der Waals surface area contributed by atoms with Gasteiger partial charge in [-0.05, 0) is 54.3 Å². The Balaban J connectivity index is 2.16. The molecule has 0 heterocycles. The fourth-order valence-corrected chi connectivity index (χ4v) is 2.35. The quantitative estimate of drug-likeness (QED) is 0.908. The highest BCUT2D eigenvalue weighted by atomic mass is 16.5. The minimum atomic E-state index is -0.0342. The van der Waals surface area contributed by atoms with Crippen LogP contribution in [0.2, 0.25) is 0 Å². The molecule has 0 saturated heterocycles. The fourth-order valence-electron chi connectivity index (χ4n) is 2.35. The topological polar surface area (TPSA) is 44.5 Å². The van der Waals surface area contributed by atoms with E-state index in [0.29, 0.717) is 0 Å². The van der Waals surface area contributed by atoms with Crippen LogP contribution in [0.1, 0.15) is 22.7 Å². The van der Waals surface area contributed by atoms with E-state index in [0.717, 1.165) is 29.0 Å². The van der Waals surface area contributed by atoms with Crippen molar-refractivity contribution in [2.75, 3.05) is 14.2 Å². The summed E-state index contributed by atoms with van der Waals surface area (Å²) in [5, 5.41) is 0. The summed E-state index contributed by atoms with van der Waals surface area (Å²) in [4.78, 5) is 0. The number of hydrogen-bond acceptors (Lipinski definition) is 3. The minimum Gasteiger partial charge on any atom is -0.497 e. The molecule has 0 fully saturated rings. The van der Waals surface area contributed by atoms with Crippen LogP contribution in [0.25, 0.3) is 0 Å². The Morgan fingerprint density at radius 3 is 2.35 bits per heavy atom. The highest BCUT2D eigenvalue weighted by molar-refractivity contribution is 5.38. The molecule has 106 valence electrons. The highest BCUT2D eigenvalue weighted by Crippen LogP contribution is 2.24. The monoisotopic (exact) mass is 271 g/mol. The zero-order valence-electron chi connectivity index (χ0n) is 12.2. The molecule has 0 saturated carbocycles. The highest BCUT2D eigenvalue weighted by Gasteiger charge is 2.11. The molecule has 2 rings (SSSR count). The van der Waals surface area contributed by atoms with E-state index in [1.54, 1.807) is 14.2 Å². The lowest BCUT2D eigenvalue weighted by molar-refractivity contribution is 0.414. The van der Waals surface area contributed by atoms with Gasteiger partial charge in [-0.3, -0.25) is 0 Å². The summed E-state index contributed by atoms with van der Waals surface area (Å²) in [6, 6.07) is 14.0. The van der Waals surface area contributed by atoms with Gasteiger partial charge in [-0.15, -0.1) is 0 Å². The second kappa shape index (κ2) is 6.44. The first-order chi connectivity index (χ1) is 9.63. The Kier molecular flexibility index (Phi) is 4.64. The maximum absolute atomic E-state index is 6.33. The van der Waals surface area contributed by atoms with Gasteiger partial charge in [0.05, 0.1) is 14.2 Å². The van der Waals surface area contributed by atoms with E-state index < -0.39 is 0 Å². The number of ether oxygens (including phenoxy) is 2. The predicted molar refractivity (Wildman–Crippen MR) is 81.4 cm³/mol. The normalized spacial score (nSPS) is 12.0. The van der Waals surface area contributed by atoms with Crippen LogP contribution in [0.5, 0.6) is 11.5 Å². The molecule has 0 aromatic heterocycles. The van der Waals surface area contributed by atoms with Crippen molar-refractivity contribution in [2.24, 2.45) is 5.73 Å². The first-order valence-corrected chi connectivity index (χ1v) is 6.67. The van der Waals surface area contributed by atoms with Crippen molar-refractivity contribution >= 4 is 0 Å². The maximum atomic E-state index is 6.33. The molecule has 0 radical (unpaired) electrons. The second-order valence-electron chi connectivity index (χ2n) is 4.88. The average Bonchev–Trinajstić information content (AvgIpc) is 2.47. The fraction of sp³-hybridized carbons (Fsp3) is 0.294. The summed E-state index contributed by atoms with van der Waals surface area (Å²) in [6.07, 6.45) is 0.782. The van der Waals surface area contributed by atoms with Crippen molar-refractivity contribution < 1.29 is 9.47 Å². The molecule has 3 nitrogen and oxygen atoms in total. The van der Waals surface area contributed by atoms with Gasteiger partial charge in [0.1, 0.15) is 11.5 Å². The van der Waals surface area contributed by atoms with Gasteiger partial charge in [0.2, 0.25) is 0 Å². The van der Waals surface area contributed by atoms with Crippen molar-refractivity contribution in [3.63, 3.8) is 0 Å². The lowest BCUT2D eigenvalue weighted by atomic mass is 9.96. The van der Waals surface area contributed by atoms with Crippen molar-refractivity contribution in [1.82, 2.24) is 0 Å². The number of nitrogens with two attached hydrogens (primary N) is 1. The molecule has 0 aliphatic heterocycles. The molecule has 0 aliphatic carbocycles. The number of aryl methyl sites for hydroxylation is 1. The van der Waals surface area contributed by atoms with Crippen LogP contribution in [0.15, 0.2) is 42.5 Å². The summed E-state index contributed by atoms with van der Waals surface area (Å²) in [5.74, 6) is 1.72. The molecule has 0 amide bonds. The first-order valence-electron chi connectivity index (χ1n) is 6.67. The molecule has 3 heteroatoms. The van der Waals surface area contributed by atoms with Crippen molar-refractivity contribution in [1.29, 1.82) is 0 Å². The van der Waals surface area contributed by atoms with Crippen LogP contribution in [0.3, 0.4) is 0 Å². The third-order valence-corrected chi connectivity index (χ3v) is 3.47. The molecule has 0 bridgehead atoms. The largest absolute Gasteiger partial charge is 0.497 e. The Morgan fingerprint density at radius 2 is 1.70 bits per heavy atom. The van der Waals surface area contributed by atoms with Gasteiger partial charge in [0, 0.05) is 6.04 Å². The Labute approximate surface area is 120 Å². The van der Waals surface area contributed by atoms with E-state index in [9.17, 15) is 0 Å². The smallest absolute Gasteiger partial charge is 0.119 e. The summed E-state index contributed by atoms with van der Waals surface area (Å²) >= 11 is 0. The zero-order valence-corrected chi connectivity index (χ0v) is 12.2. The van der Waals surface area contributed by atoms with Gasteiger partial charge in [0.15, 0.2) is 0 Å². The number of hydrogen-bond donors (Lipinski definition) is 1. The summed E-state index contributed by atoms with van der Waals surface area (Å²) in [5.41, 5.74) is 9.80. The molecule has 20 heavy (non-hydrogen) atoms. The number of benzene rings is 2. The summed E-state index contributed by atoms with van der Waals surface area (Å²) < 4.78 is 10.5. The maximum Gasteiger partial charge on any atom is 0.119 e. The molecule has 0 aliphatic rings. The molecule has 2 aromatic carbocycles. The van der Waals surface area contributed by atoms with E-state index in [2.05, 4.69) is 13.0 Å². The minimum absolute atomic E-state index is 0.0342. The van der Waals surface area contributed by atoms with E-state index in [-0.39, 0.29) is 6.04 Å². The third-order valence-electron chi connectivity index (χ3n) is 3.47. The Hall–Kier alpha value is -2.00. The van der Waals surface area contributed by atoms with Gasteiger partial charge in [-0.25, -0.2) is 0 Å². The van der Waals surface area contributed by atoms with Crippen molar-refractivity contribution in [3.8, 4) is 11.5 Å². The van der Waals surface area contributed by atoms with E-state index >= 15 is 0 Å². The number of methoxy groups -OCH3 is 2. The van der Waals surface area contributed by atoms with Crippen LogP contribution in [0, 0.1) is 6.92 Å². The molecule has 1 unspecified atom stereocenters. The van der Waals surface area contributed by atoms with Gasteiger partial charge >= 0.3 is 0 Å². The molecular weight excluding hydrogens is 250 g/mol. The zero-order chi connectivity index (χ0) is 14.5. The van der Waals surface area contributed by atoms with Crippen LogP contribution in [0.4, 0.5) is 0 Å².